The molecule has 2 amide bonds. The van der Waals surface area contributed by atoms with Gasteiger partial charge in [-0.3, -0.25) is 9.59 Å². The minimum Gasteiger partial charge on any atom is -0.352 e. The minimum atomic E-state index is -0.148. The lowest BCUT2D eigenvalue weighted by atomic mass is 10.2. The number of rotatable bonds is 6. The van der Waals surface area contributed by atoms with E-state index in [1.165, 1.54) is 0 Å². The van der Waals surface area contributed by atoms with Gasteiger partial charge in [0.15, 0.2) is 0 Å². The first-order valence-corrected chi connectivity index (χ1v) is 8.03. The average molecular weight is 360 g/mol. The number of nitrogens with zero attached hydrogens (tertiary/aromatic N) is 1. The maximum Gasteiger partial charge on any atom is 0.251 e. The molecule has 0 aliphatic carbocycles. The summed E-state index contributed by atoms with van der Waals surface area (Å²) >= 11 is 5.78. The molecule has 1 atom stereocenters. The number of hydrogen-bond donors (Lipinski definition) is 2. The van der Waals surface area contributed by atoms with Gasteiger partial charge in [-0.1, -0.05) is 11.6 Å². The van der Waals surface area contributed by atoms with Crippen molar-refractivity contribution in [3.63, 3.8) is 0 Å². The van der Waals surface area contributed by atoms with Crippen molar-refractivity contribution in [2.45, 2.75) is 31.7 Å². The summed E-state index contributed by atoms with van der Waals surface area (Å²) in [6, 6.07) is 6.91. The third-order valence-corrected chi connectivity index (χ3v) is 4.18. The van der Waals surface area contributed by atoms with Gasteiger partial charge in [-0.15, -0.1) is 12.4 Å². The molecular weight excluding hydrogens is 337 g/mol. The van der Waals surface area contributed by atoms with Gasteiger partial charge in [0.1, 0.15) is 0 Å². The largest absolute Gasteiger partial charge is 0.352 e. The number of likely N-dealkylation sites (tertiary alicyclic amines) is 1. The molecule has 1 saturated heterocycles. The fourth-order valence-electron chi connectivity index (χ4n) is 2.70. The van der Waals surface area contributed by atoms with E-state index >= 15 is 0 Å². The van der Waals surface area contributed by atoms with E-state index in [-0.39, 0.29) is 30.3 Å². The number of benzene rings is 1. The lowest BCUT2D eigenvalue weighted by Crippen LogP contribution is -2.40. The first-order chi connectivity index (χ1) is 10.6. The van der Waals surface area contributed by atoms with E-state index in [1.807, 2.05) is 4.90 Å². The number of carbonyl (C=O) groups excluding carboxylic acids is 2. The molecule has 1 unspecified atom stereocenters. The number of nitrogens with one attached hydrogen (secondary N) is 1. The van der Waals surface area contributed by atoms with Crippen LogP contribution in [0.5, 0.6) is 0 Å². The third-order valence-electron chi connectivity index (χ3n) is 3.93. The van der Waals surface area contributed by atoms with Crippen LogP contribution >= 0.6 is 24.0 Å². The highest BCUT2D eigenvalue weighted by molar-refractivity contribution is 6.30. The Morgan fingerprint density at radius 2 is 2.00 bits per heavy atom. The topological polar surface area (TPSA) is 75.4 Å². The third kappa shape index (κ3) is 5.68. The number of halogens is 2. The van der Waals surface area contributed by atoms with Gasteiger partial charge in [0, 0.05) is 42.7 Å². The maximum atomic E-state index is 12.1. The van der Waals surface area contributed by atoms with Crippen molar-refractivity contribution in [3.05, 3.63) is 34.9 Å². The SMILES string of the molecule is Cl.NCC1CCCN1C(=O)CCCNC(=O)c1ccc(Cl)cc1. The van der Waals surface area contributed by atoms with Crippen LogP contribution in [0.15, 0.2) is 24.3 Å². The summed E-state index contributed by atoms with van der Waals surface area (Å²) in [4.78, 5) is 25.9. The zero-order valence-corrected chi connectivity index (χ0v) is 14.5. The number of carbonyl (C=O) groups is 2. The molecule has 0 radical (unpaired) electrons. The van der Waals surface area contributed by atoms with Crippen LogP contribution in [0.4, 0.5) is 0 Å². The molecule has 1 aliphatic heterocycles. The predicted octanol–water partition coefficient (Wildman–Crippen LogP) is 2.22. The molecule has 2 rings (SSSR count). The normalized spacial score (nSPS) is 16.8. The summed E-state index contributed by atoms with van der Waals surface area (Å²) in [6.07, 6.45) is 3.10. The van der Waals surface area contributed by atoms with Gasteiger partial charge in [-0.05, 0) is 43.5 Å². The summed E-state index contributed by atoms with van der Waals surface area (Å²) in [5.74, 6) is -0.0150. The molecule has 1 heterocycles. The van der Waals surface area contributed by atoms with E-state index < -0.39 is 0 Å². The van der Waals surface area contributed by atoms with Crippen molar-refractivity contribution in [3.8, 4) is 0 Å². The molecule has 7 heteroatoms. The van der Waals surface area contributed by atoms with Crippen molar-refractivity contribution < 1.29 is 9.59 Å². The molecule has 1 aromatic carbocycles. The number of nitrogens with two attached hydrogens (primary N) is 1. The molecule has 128 valence electrons. The Morgan fingerprint density at radius 3 is 2.65 bits per heavy atom. The lowest BCUT2D eigenvalue weighted by Gasteiger charge is -2.23. The zero-order chi connectivity index (χ0) is 15.9. The molecule has 1 aliphatic rings. The zero-order valence-electron chi connectivity index (χ0n) is 13.0. The molecule has 0 bridgehead atoms. The highest BCUT2D eigenvalue weighted by Crippen LogP contribution is 2.17. The summed E-state index contributed by atoms with van der Waals surface area (Å²) in [7, 11) is 0. The smallest absolute Gasteiger partial charge is 0.251 e. The molecular formula is C16H23Cl2N3O2. The van der Waals surface area contributed by atoms with Crippen LogP contribution < -0.4 is 11.1 Å². The van der Waals surface area contributed by atoms with Gasteiger partial charge in [-0.25, -0.2) is 0 Å². The van der Waals surface area contributed by atoms with Gasteiger partial charge in [0.05, 0.1) is 0 Å². The van der Waals surface area contributed by atoms with Crippen LogP contribution in [0, 0.1) is 0 Å². The van der Waals surface area contributed by atoms with E-state index in [2.05, 4.69) is 5.32 Å². The second-order valence-electron chi connectivity index (χ2n) is 5.49. The van der Waals surface area contributed by atoms with Crippen LogP contribution in [0.1, 0.15) is 36.0 Å². The molecule has 0 spiro atoms. The van der Waals surface area contributed by atoms with Crippen LogP contribution in [-0.4, -0.2) is 42.4 Å². The van der Waals surface area contributed by atoms with Crippen molar-refractivity contribution in [1.29, 1.82) is 0 Å². The summed E-state index contributed by atoms with van der Waals surface area (Å²) < 4.78 is 0. The van der Waals surface area contributed by atoms with E-state index in [9.17, 15) is 9.59 Å². The molecule has 0 saturated carbocycles. The molecule has 23 heavy (non-hydrogen) atoms. The van der Waals surface area contributed by atoms with Crippen LogP contribution in [0.2, 0.25) is 5.02 Å². The Hall–Kier alpha value is -1.30. The Kier molecular flexibility index (Phi) is 8.37. The first kappa shape index (κ1) is 19.7. The van der Waals surface area contributed by atoms with Gasteiger partial charge in [0.2, 0.25) is 5.91 Å². The van der Waals surface area contributed by atoms with E-state index in [4.69, 9.17) is 17.3 Å². The molecule has 3 N–H and O–H groups in total. The Labute approximate surface area is 148 Å². The van der Waals surface area contributed by atoms with Crippen molar-refractivity contribution in [1.82, 2.24) is 10.2 Å². The molecule has 0 aromatic heterocycles. The van der Waals surface area contributed by atoms with E-state index in [0.29, 0.717) is 36.5 Å². The quantitative estimate of drug-likeness (QED) is 0.764. The number of amides is 2. The summed E-state index contributed by atoms with van der Waals surface area (Å²) in [5.41, 5.74) is 6.24. The summed E-state index contributed by atoms with van der Waals surface area (Å²) in [6.45, 7) is 1.81. The monoisotopic (exact) mass is 359 g/mol. The highest BCUT2D eigenvalue weighted by Gasteiger charge is 2.26. The van der Waals surface area contributed by atoms with Crippen LogP contribution in [0.3, 0.4) is 0 Å². The Morgan fingerprint density at radius 1 is 1.30 bits per heavy atom. The van der Waals surface area contributed by atoms with Gasteiger partial charge in [0.25, 0.3) is 5.91 Å². The Bertz CT molecular complexity index is 523. The molecule has 5 nitrogen and oxygen atoms in total. The van der Waals surface area contributed by atoms with Crippen molar-refractivity contribution in [2.24, 2.45) is 5.73 Å². The van der Waals surface area contributed by atoms with Crippen molar-refractivity contribution >= 4 is 35.8 Å². The average Bonchev–Trinajstić information content (AvgIpc) is 3.00. The van der Waals surface area contributed by atoms with Crippen molar-refractivity contribution in [2.75, 3.05) is 19.6 Å². The standard InChI is InChI=1S/C16H22ClN3O2.ClH/c17-13-7-5-12(6-8-13)16(22)19-9-1-4-15(21)20-10-2-3-14(20)11-18;/h5-8,14H,1-4,9-11,18H2,(H,19,22);1H. The van der Waals surface area contributed by atoms with E-state index in [0.717, 1.165) is 19.4 Å². The minimum absolute atomic E-state index is 0. The Balaban J connectivity index is 0.00000264. The molecule has 1 fully saturated rings. The maximum absolute atomic E-state index is 12.1. The number of hydrogen-bond acceptors (Lipinski definition) is 3. The fraction of sp³-hybridized carbons (Fsp3) is 0.500. The second-order valence-corrected chi connectivity index (χ2v) is 5.92. The molecule has 1 aromatic rings. The second kappa shape index (κ2) is 9.75. The van der Waals surface area contributed by atoms with Gasteiger partial charge in [-0.2, -0.15) is 0 Å². The fourth-order valence-corrected chi connectivity index (χ4v) is 2.82. The van der Waals surface area contributed by atoms with Crippen LogP contribution in [0.25, 0.3) is 0 Å². The lowest BCUT2D eigenvalue weighted by molar-refractivity contribution is -0.131. The van der Waals surface area contributed by atoms with Gasteiger partial charge < -0.3 is 16.0 Å². The first-order valence-electron chi connectivity index (χ1n) is 7.65. The van der Waals surface area contributed by atoms with Crippen LogP contribution in [-0.2, 0) is 4.79 Å². The predicted molar refractivity (Wildman–Crippen MR) is 94.1 cm³/mol. The summed E-state index contributed by atoms with van der Waals surface area (Å²) in [5, 5.41) is 3.41. The highest BCUT2D eigenvalue weighted by atomic mass is 35.5. The van der Waals surface area contributed by atoms with Gasteiger partial charge >= 0.3 is 0 Å². The van der Waals surface area contributed by atoms with E-state index in [1.54, 1.807) is 24.3 Å².